The Bertz CT molecular complexity index is 790. The zero-order chi connectivity index (χ0) is 16.7. The minimum absolute atomic E-state index is 0.0256. The summed E-state index contributed by atoms with van der Waals surface area (Å²) in [6.07, 6.45) is 0.765. The third-order valence-corrected chi connectivity index (χ3v) is 4.81. The number of para-hydroxylation sites is 2. The van der Waals surface area contributed by atoms with E-state index in [1.165, 1.54) is 0 Å². The second-order valence-electron chi connectivity index (χ2n) is 6.23. The quantitative estimate of drug-likeness (QED) is 0.925. The van der Waals surface area contributed by atoms with Crippen LogP contribution < -0.4 is 10.3 Å². The van der Waals surface area contributed by atoms with Crippen molar-refractivity contribution in [1.29, 1.82) is 0 Å². The Balaban J connectivity index is 1.71. The fourth-order valence-electron chi connectivity index (χ4n) is 3.84. The van der Waals surface area contributed by atoms with Gasteiger partial charge in [-0.25, -0.2) is 5.01 Å². The van der Waals surface area contributed by atoms with E-state index in [-0.39, 0.29) is 23.8 Å². The van der Waals surface area contributed by atoms with Gasteiger partial charge in [-0.1, -0.05) is 36.4 Å². The van der Waals surface area contributed by atoms with Gasteiger partial charge < -0.3 is 5.32 Å². The predicted octanol–water partition coefficient (Wildman–Crippen LogP) is 2.76. The van der Waals surface area contributed by atoms with Gasteiger partial charge in [0.05, 0.1) is 17.6 Å². The summed E-state index contributed by atoms with van der Waals surface area (Å²) in [5, 5.41) is 6.68. The molecule has 5 heteroatoms. The third-order valence-electron chi connectivity index (χ3n) is 4.81. The number of hydrazine groups is 1. The van der Waals surface area contributed by atoms with Gasteiger partial charge in [-0.3, -0.25) is 14.6 Å². The number of hydrogen-bond donors (Lipinski definition) is 1. The van der Waals surface area contributed by atoms with Crippen LogP contribution in [0.1, 0.15) is 24.8 Å². The number of hydrogen-bond acceptors (Lipinski definition) is 3. The highest BCUT2D eigenvalue weighted by molar-refractivity contribution is 6.03. The van der Waals surface area contributed by atoms with Crippen LogP contribution >= 0.6 is 0 Å². The molecule has 0 aromatic heterocycles. The molecule has 122 valence electrons. The van der Waals surface area contributed by atoms with E-state index in [9.17, 15) is 9.59 Å². The average Bonchev–Trinajstić information content (AvgIpc) is 3.15. The highest BCUT2D eigenvalue weighted by atomic mass is 16.2. The molecular formula is C19H19N3O2. The van der Waals surface area contributed by atoms with Crippen LogP contribution in [0.3, 0.4) is 0 Å². The Labute approximate surface area is 140 Å². The molecule has 24 heavy (non-hydrogen) atoms. The molecule has 1 saturated heterocycles. The molecule has 2 amide bonds. The number of benzene rings is 2. The first-order valence-electron chi connectivity index (χ1n) is 8.19. The molecule has 0 spiro atoms. The summed E-state index contributed by atoms with van der Waals surface area (Å²) in [5.74, 6) is -0.389. The topological polar surface area (TPSA) is 52.7 Å². The maximum atomic E-state index is 12.6. The Morgan fingerprint density at radius 3 is 2.54 bits per heavy atom. The number of nitrogens with one attached hydrogen (secondary N) is 1. The molecule has 2 heterocycles. The number of rotatable bonds is 2. The summed E-state index contributed by atoms with van der Waals surface area (Å²) >= 11 is 0. The minimum Gasteiger partial charge on any atom is -0.325 e. The molecule has 2 atom stereocenters. The summed E-state index contributed by atoms with van der Waals surface area (Å²) in [6.45, 7) is 2.28. The van der Waals surface area contributed by atoms with Crippen molar-refractivity contribution in [2.45, 2.75) is 25.3 Å². The summed E-state index contributed by atoms with van der Waals surface area (Å²) in [6, 6.07) is 17.4. The number of fused-ring (bicyclic) bond motifs is 1. The van der Waals surface area contributed by atoms with Crippen molar-refractivity contribution in [1.82, 2.24) is 5.01 Å². The van der Waals surface area contributed by atoms with Crippen LogP contribution in [-0.2, 0) is 9.59 Å². The molecule has 4 rings (SSSR count). The summed E-state index contributed by atoms with van der Waals surface area (Å²) in [4.78, 5) is 24.9. The average molecular weight is 321 g/mol. The molecule has 0 radical (unpaired) electrons. The van der Waals surface area contributed by atoms with Crippen molar-refractivity contribution in [3.63, 3.8) is 0 Å². The molecule has 0 aliphatic carbocycles. The molecule has 1 fully saturated rings. The van der Waals surface area contributed by atoms with E-state index in [2.05, 4.69) is 5.32 Å². The van der Waals surface area contributed by atoms with Crippen molar-refractivity contribution in [3.05, 3.63) is 60.2 Å². The maximum absolute atomic E-state index is 12.6. The maximum Gasteiger partial charge on any atom is 0.238 e. The zero-order valence-corrected chi connectivity index (χ0v) is 13.5. The molecule has 5 nitrogen and oxygen atoms in total. The van der Waals surface area contributed by atoms with E-state index >= 15 is 0 Å². The Kier molecular flexibility index (Phi) is 3.49. The highest BCUT2D eigenvalue weighted by Crippen LogP contribution is 2.40. The number of anilines is 2. The van der Waals surface area contributed by atoms with E-state index in [0.717, 1.165) is 29.9 Å². The van der Waals surface area contributed by atoms with Crippen molar-refractivity contribution in [2.24, 2.45) is 0 Å². The lowest BCUT2D eigenvalue weighted by molar-refractivity contribution is -0.131. The first-order valence-corrected chi connectivity index (χ1v) is 8.19. The van der Waals surface area contributed by atoms with Crippen molar-refractivity contribution in [3.8, 4) is 0 Å². The Morgan fingerprint density at radius 2 is 1.79 bits per heavy atom. The van der Waals surface area contributed by atoms with Crippen LogP contribution in [0.4, 0.5) is 11.4 Å². The SMILES string of the molecule is CC(=O)N1C(C2C(=O)Nc3ccccc32)CCN1c1ccccc1. The van der Waals surface area contributed by atoms with E-state index in [1.54, 1.807) is 11.9 Å². The lowest BCUT2D eigenvalue weighted by atomic mass is 9.91. The number of nitrogens with zero attached hydrogens (tertiary/aromatic N) is 2. The van der Waals surface area contributed by atoms with Crippen LogP contribution in [0, 0.1) is 0 Å². The monoisotopic (exact) mass is 321 g/mol. The summed E-state index contributed by atoms with van der Waals surface area (Å²) < 4.78 is 0. The van der Waals surface area contributed by atoms with E-state index in [4.69, 9.17) is 0 Å². The highest BCUT2D eigenvalue weighted by Gasteiger charge is 2.45. The van der Waals surface area contributed by atoms with Gasteiger partial charge in [0, 0.05) is 19.2 Å². The van der Waals surface area contributed by atoms with Crippen molar-refractivity contribution in [2.75, 3.05) is 16.9 Å². The molecule has 2 unspecified atom stereocenters. The zero-order valence-electron chi connectivity index (χ0n) is 13.5. The molecule has 1 N–H and O–H groups in total. The summed E-state index contributed by atoms with van der Waals surface area (Å²) in [7, 11) is 0. The van der Waals surface area contributed by atoms with E-state index in [1.807, 2.05) is 59.6 Å². The van der Waals surface area contributed by atoms with Crippen molar-refractivity contribution < 1.29 is 9.59 Å². The molecule has 0 bridgehead atoms. The van der Waals surface area contributed by atoms with Gasteiger partial charge in [0.2, 0.25) is 11.8 Å². The van der Waals surface area contributed by atoms with Gasteiger partial charge in [-0.05, 0) is 30.2 Å². The fourth-order valence-corrected chi connectivity index (χ4v) is 3.84. The van der Waals surface area contributed by atoms with Gasteiger partial charge >= 0.3 is 0 Å². The van der Waals surface area contributed by atoms with E-state index in [0.29, 0.717) is 0 Å². The van der Waals surface area contributed by atoms with Gasteiger partial charge in [-0.2, -0.15) is 0 Å². The first kappa shape index (κ1) is 14.8. The second-order valence-corrected chi connectivity index (χ2v) is 6.23. The van der Waals surface area contributed by atoms with Gasteiger partial charge in [0.1, 0.15) is 0 Å². The molecule has 2 aromatic rings. The van der Waals surface area contributed by atoms with Crippen LogP contribution in [-0.4, -0.2) is 29.4 Å². The molecule has 0 saturated carbocycles. The van der Waals surface area contributed by atoms with Gasteiger partial charge in [0.25, 0.3) is 0 Å². The Hall–Kier alpha value is -2.82. The van der Waals surface area contributed by atoms with Crippen LogP contribution in [0.25, 0.3) is 0 Å². The number of carbonyl (C=O) groups is 2. The molecule has 2 aliphatic heterocycles. The molecule has 2 aliphatic rings. The first-order chi connectivity index (χ1) is 11.7. The molecular weight excluding hydrogens is 302 g/mol. The standard InChI is InChI=1S/C19H19N3O2/c1-13(23)22-17(11-12-21(22)14-7-3-2-4-8-14)18-15-9-5-6-10-16(15)20-19(18)24/h2-10,17-18H,11-12H2,1H3,(H,20,24). The van der Waals surface area contributed by atoms with Crippen LogP contribution in [0.15, 0.2) is 54.6 Å². The van der Waals surface area contributed by atoms with Crippen LogP contribution in [0.2, 0.25) is 0 Å². The summed E-state index contributed by atoms with van der Waals surface area (Å²) in [5.41, 5.74) is 2.81. The van der Waals surface area contributed by atoms with Gasteiger partial charge in [0.15, 0.2) is 0 Å². The third kappa shape index (κ3) is 2.24. The lowest BCUT2D eigenvalue weighted by Crippen LogP contribution is -2.47. The minimum atomic E-state index is -0.321. The number of amides is 2. The lowest BCUT2D eigenvalue weighted by Gasteiger charge is -2.34. The van der Waals surface area contributed by atoms with Gasteiger partial charge in [-0.15, -0.1) is 0 Å². The van der Waals surface area contributed by atoms with Crippen molar-refractivity contribution >= 4 is 23.2 Å². The number of carbonyl (C=O) groups excluding carboxylic acids is 2. The normalized spacial score (nSPS) is 22.5. The van der Waals surface area contributed by atoms with E-state index < -0.39 is 0 Å². The fraction of sp³-hybridized carbons (Fsp3) is 0.263. The second kappa shape index (κ2) is 5.67. The van der Waals surface area contributed by atoms with Crippen LogP contribution in [0.5, 0.6) is 0 Å². The smallest absolute Gasteiger partial charge is 0.238 e. The molecule has 2 aromatic carbocycles. The predicted molar refractivity (Wildman–Crippen MR) is 92.5 cm³/mol. The largest absolute Gasteiger partial charge is 0.325 e. The Morgan fingerprint density at radius 1 is 1.08 bits per heavy atom.